The van der Waals surface area contributed by atoms with Gasteiger partial charge in [0.1, 0.15) is 10.7 Å². The van der Waals surface area contributed by atoms with Gasteiger partial charge < -0.3 is 10.0 Å². The summed E-state index contributed by atoms with van der Waals surface area (Å²) >= 11 is 5.87. The van der Waals surface area contributed by atoms with Crippen molar-refractivity contribution in [1.82, 2.24) is 24.5 Å². The van der Waals surface area contributed by atoms with Gasteiger partial charge in [-0.3, -0.25) is 4.79 Å². The highest BCUT2D eigenvalue weighted by Crippen LogP contribution is 2.34. The summed E-state index contributed by atoms with van der Waals surface area (Å²) in [6, 6.07) is 4.32. The smallest absolute Gasteiger partial charge is 0.280 e. The number of nitrogens with zero attached hydrogens (tertiary/aromatic N) is 5. The van der Waals surface area contributed by atoms with Crippen LogP contribution >= 0.6 is 11.6 Å². The Hall–Kier alpha value is -2.81. The molecule has 1 aliphatic heterocycles. The predicted octanol–water partition coefficient (Wildman–Crippen LogP) is 3.69. The van der Waals surface area contributed by atoms with Crippen molar-refractivity contribution in [1.29, 1.82) is 0 Å². The highest BCUT2D eigenvalue weighted by atomic mass is 35.5. The number of likely N-dealkylation sites (tertiary alicyclic amines) is 1. The fourth-order valence-electron chi connectivity index (χ4n) is 3.70. The molecule has 0 radical (unpaired) electrons. The molecule has 0 aliphatic carbocycles. The average molecular weight is 422 g/mol. The molecule has 0 saturated carbocycles. The summed E-state index contributed by atoms with van der Waals surface area (Å²) in [6.45, 7) is 2.88. The maximum absolute atomic E-state index is 13.3. The lowest BCUT2D eigenvalue weighted by molar-refractivity contribution is 0.0665. The third-order valence-electron chi connectivity index (χ3n) is 5.32. The molecular formula is C19H18ClF2N5O2. The van der Waals surface area contributed by atoms with E-state index in [2.05, 4.69) is 15.1 Å². The van der Waals surface area contributed by atoms with E-state index < -0.39 is 6.43 Å². The van der Waals surface area contributed by atoms with Crippen LogP contribution in [-0.2, 0) is 0 Å². The van der Waals surface area contributed by atoms with Gasteiger partial charge in [-0.1, -0.05) is 18.5 Å². The second kappa shape index (κ2) is 7.55. The first-order valence-corrected chi connectivity index (χ1v) is 9.49. The number of rotatable bonds is 3. The van der Waals surface area contributed by atoms with E-state index in [-0.39, 0.29) is 39.9 Å². The van der Waals surface area contributed by atoms with Gasteiger partial charge in [-0.05, 0) is 24.5 Å². The van der Waals surface area contributed by atoms with Crippen LogP contribution < -0.4 is 0 Å². The van der Waals surface area contributed by atoms with Gasteiger partial charge in [0, 0.05) is 31.3 Å². The molecule has 1 saturated heterocycles. The summed E-state index contributed by atoms with van der Waals surface area (Å²) in [5, 5.41) is 13.7. The van der Waals surface area contributed by atoms with E-state index in [0.717, 1.165) is 0 Å². The van der Waals surface area contributed by atoms with Crippen molar-refractivity contribution < 1.29 is 18.7 Å². The van der Waals surface area contributed by atoms with Crippen LogP contribution in [0, 0.1) is 5.92 Å². The fraction of sp³-hybridized carbons (Fsp3) is 0.368. The number of carbonyl (C=O) groups is 1. The lowest BCUT2D eigenvalue weighted by Gasteiger charge is -2.37. The third kappa shape index (κ3) is 3.62. The van der Waals surface area contributed by atoms with E-state index in [0.29, 0.717) is 30.9 Å². The number of hydrogen-bond acceptors (Lipinski definition) is 5. The highest BCUT2D eigenvalue weighted by Gasteiger charge is 2.33. The Labute approximate surface area is 169 Å². The van der Waals surface area contributed by atoms with Gasteiger partial charge in [0.15, 0.2) is 5.65 Å². The van der Waals surface area contributed by atoms with Crippen LogP contribution in [0.4, 0.5) is 8.78 Å². The molecule has 0 bridgehead atoms. The summed E-state index contributed by atoms with van der Waals surface area (Å²) in [5.41, 5.74) is 0.900. The molecule has 4 heterocycles. The normalized spacial score (nSPS) is 19.8. The molecule has 2 atom stereocenters. The van der Waals surface area contributed by atoms with Crippen LogP contribution in [0.1, 0.15) is 47.4 Å². The molecule has 7 nitrogen and oxygen atoms in total. The Morgan fingerprint density at radius 3 is 2.90 bits per heavy atom. The number of hydrogen-bond donors (Lipinski definition) is 1. The Bertz CT molecular complexity index is 1070. The Balaban J connectivity index is 1.68. The number of aromatic nitrogens is 4. The van der Waals surface area contributed by atoms with Crippen molar-refractivity contribution in [2.24, 2.45) is 5.92 Å². The van der Waals surface area contributed by atoms with E-state index >= 15 is 0 Å². The number of pyridine rings is 1. The number of fused-ring (bicyclic) bond motifs is 1. The largest absolute Gasteiger partial charge is 0.492 e. The molecule has 1 fully saturated rings. The van der Waals surface area contributed by atoms with Crippen molar-refractivity contribution in [2.45, 2.75) is 25.7 Å². The molecule has 1 N–H and O–H groups in total. The lowest BCUT2D eigenvalue weighted by Crippen LogP contribution is -2.42. The van der Waals surface area contributed by atoms with E-state index in [1.54, 1.807) is 15.5 Å². The second-order valence-electron chi connectivity index (χ2n) is 7.16. The number of piperidine rings is 1. The number of aromatic hydroxyl groups is 1. The Morgan fingerprint density at radius 1 is 1.38 bits per heavy atom. The zero-order valence-electron chi connectivity index (χ0n) is 15.5. The van der Waals surface area contributed by atoms with Crippen LogP contribution in [-0.4, -0.2) is 48.6 Å². The van der Waals surface area contributed by atoms with Gasteiger partial charge >= 0.3 is 0 Å². The summed E-state index contributed by atoms with van der Waals surface area (Å²) < 4.78 is 28.2. The van der Waals surface area contributed by atoms with Crippen LogP contribution in [0.15, 0.2) is 30.6 Å². The van der Waals surface area contributed by atoms with Crippen LogP contribution in [0.25, 0.3) is 5.65 Å². The summed E-state index contributed by atoms with van der Waals surface area (Å²) in [5.74, 6) is -0.668. The first-order valence-electron chi connectivity index (χ1n) is 9.11. The molecule has 152 valence electrons. The predicted molar refractivity (Wildman–Crippen MR) is 101 cm³/mol. The monoisotopic (exact) mass is 421 g/mol. The number of amides is 1. The van der Waals surface area contributed by atoms with Gasteiger partial charge in [-0.2, -0.15) is 5.10 Å². The summed E-state index contributed by atoms with van der Waals surface area (Å²) in [7, 11) is 0. The molecular weight excluding hydrogens is 404 g/mol. The second-order valence-corrected chi connectivity index (χ2v) is 7.57. The Kier molecular flexibility index (Phi) is 5.08. The van der Waals surface area contributed by atoms with Crippen molar-refractivity contribution in [3.05, 3.63) is 52.6 Å². The van der Waals surface area contributed by atoms with E-state index in [1.165, 1.54) is 24.5 Å². The lowest BCUT2D eigenvalue weighted by atomic mass is 9.84. The van der Waals surface area contributed by atoms with Gasteiger partial charge in [-0.15, -0.1) is 0 Å². The molecule has 0 spiro atoms. The quantitative estimate of drug-likeness (QED) is 0.697. The first kappa shape index (κ1) is 19.5. The summed E-state index contributed by atoms with van der Waals surface area (Å²) in [4.78, 5) is 22.3. The van der Waals surface area contributed by atoms with Gasteiger partial charge in [0.2, 0.25) is 5.88 Å². The standard InChI is InChI=1S/C19H18ClF2N5O2/c1-10-3-5-26(19(29)11-6-13(20)18(28)23-8-11)9-12(10)15-7-14(17(21)22)25-16-2-4-24-27(15)16/h2,4,6-8,10,12,17H,3,5,9H2,1H3,(H,23,28)/t10?,12-/m1/s1. The minimum Gasteiger partial charge on any atom is -0.492 e. The minimum atomic E-state index is -2.70. The van der Waals surface area contributed by atoms with Crippen molar-refractivity contribution in [3.63, 3.8) is 0 Å². The molecule has 29 heavy (non-hydrogen) atoms. The maximum atomic E-state index is 13.3. The van der Waals surface area contributed by atoms with Gasteiger partial charge in [0.05, 0.1) is 17.5 Å². The van der Waals surface area contributed by atoms with Crippen molar-refractivity contribution in [2.75, 3.05) is 13.1 Å². The molecule has 1 amide bonds. The van der Waals surface area contributed by atoms with Crippen LogP contribution in [0.5, 0.6) is 5.88 Å². The Morgan fingerprint density at radius 2 is 2.17 bits per heavy atom. The zero-order valence-corrected chi connectivity index (χ0v) is 16.2. The van der Waals surface area contributed by atoms with E-state index in [9.17, 15) is 18.7 Å². The third-order valence-corrected chi connectivity index (χ3v) is 5.60. The van der Waals surface area contributed by atoms with Crippen LogP contribution in [0.3, 0.4) is 0 Å². The van der Waals surface area contributed by atoms with Gasteiger partial charge in [0.25, 0.3) is 12.3 Å². The fourth-order valence-corrected chi connectivity index (χ4v) is 3.87. The molecule has 0 aromatic carbocycles. The number of alkyl halides is 2. The average Bonchev–Trinajstić information content (AvgIpc) is 3.18. The van der Waals surface area contributed by atoms with E-state index in [1.807, 2.05) is 6.92 Å². The molecule has 3 aromatic rings. The molecule has 10 heteroatoms. The van der Waals surface area contributed by atoms with E-state index in [4.69, 9.17) is 11.6 Å². The van der Waals surface area contributed by atoms with Crippen molar-refractivity contribution >= 4 is 23.2 Å². The topological polar surface area (TPSA) is 83.6 Å². The molecule has 1 aliphatic rings. The molecule has 4 rings (SSSR count). The number of halogens is 3. The SMILES string of the molecule is CC1CCN(C(=O)c2cnc(O)c(Cl)c2)C[C@H]1c1cc(C(F)F)nc2ccnn12. The molecule has 1 unspecified atom stereocenters. The minimum absolute atomic E-state index is 0.00765. The maximum Gasteiger partial charge on any atom is 0.280 e. The van der Waals surface area contributed by atoms with Crippen molar-refractivity contribution in [3.8, 4) is 5.88 Å². The first-order chi connectivity index (χ1) is 13.8. The van der Waals surface area contributed by atoms with Gasteiger partial charge in [-0.25, -0.2) is 23.3 Å². The highest BCUT2D eigenvalue weighted by molar-refractivity contribution is 6.32. The van der Waals surface area contributed by atoms with Crippen LogP contribution in [0.2, 0.25) is 5.02 Å². The zero-order chi connectivity index (χ0) is 20.7. The summed E-state index contributed by atoms with van der Waals surface area (Å²) in [6.07, 6.45) is 0.784. The number of carbonyl (C=O) groups excluding carboxylic acids is 1. The molecule has 3 aromatic heterocycles.